The lowest BCUT2D eigenvalue weighted by Gasteiger charge is -2.13. The van der Waals surface area contributed by atoms with Gasteiger partial charge in [0.1, 0.15) is 0 Å². The van der Waals surface area contributed by atoms with E-state index in [0.29, 0.717) is 30.3 Å². The molecule has 1 aliphatic rings. The highest BCUT2D eigenvalue weighted by Gasteiger charge is 2.22. The molecule has 5 heteroatoms. The maximum atomic E-state index is 10.1. The summed E-state index contributed by atoms with van der Waals surface area (Å²) < 4.78 is 20.8. The summed E-state index contributed by atoms with van der Waals surface area (Å²) in [7, 11) is 3.22. The van der Waals surface area contributed by atoms with Gasteiger partial charge in [-0.3, -0.25) is 0 Å². The molecule has 18 heavy (non-hydrogen) atoms. The first-order valence-corrected chi connectivity index (χ1v) is 5.90. The number of aliphatic hydroxyl groups is 1. The van der Waals surface area contributed by atoms with Crippen LogP contribution in [-0.2, 0) is 4.74 Å². The van der Waals surface area contributed by atoms with Gasteiger partial charge in [-0.1, -0.05) is 0 Å². The Bertz CT molecular complexity index is 405. The Morgan fingerprint density at radius 3 is 2.89 bits per heavy atom. The van der Waals surface area contributed by atoms with Crippen molar-refractivity contribution < 1.29 is 24.1 Å². The van der Waals surface area contributed by atoms with Crippen LogP contribution in [0.1, 0.15) is 24.5 Å². The van der Waals surface area contributed by atoms with E-state index in [0.717, 1.165) is 12.0 Å². The van der Waals surface area contributed by atoms with E-state index in [1.807, 2.05) is 0 Å². The zero-order chi connectivity index (χ0) is 13.0. The van der Waals surface area contributed by atoms with Crippen molar-refractivity contribution in [2.24, 2.45) is 0 Å². The number of methoxy groups -OCH3 is 2. The quantitative estimate of drug-likeness (QED) is 0.785. The molecular formula is C13H18O5. The van der Waals surface area contributed by atoms with Gasteiger partial charge in [0.2, 0.25) is 12.5 Å². The molecule has 0 fully saturated rings. The van der Waals surface area contributed by atoms with Crippen molar-refractivity contribution in [3.8, 4) is 17.2 Å². The minimum Gasteiger partial charge on any atom is -0.493 e. The number of rotatable bonds is 6. The smallest absolute Gasteiger partial charge is 0.231 e. The van der Waals surface area contributed by atoms with Crippen molar-refractivity contribution in [1.29, 1.82) is 0 Å². The second-order valence-corrected chi connectivity index (χ2v) is 4.11. The van der Waals surface area contributed by atoms with E-state index in [9.17, 15) is 5.11 Å². The Morgan fingerprint density at radius 1 is 1.33 bits per heavy atom. The number of fused-ring (bicyclic) bond motifs is 1. The standard InChI is InChI=1S/C13H18O5/c1-15-5-3-4-10(14)9-6-11(16-2)13-12(7-9)17-8-18-13/h6-7,10,14H,3-5,8H2,1-2H3. The van der Waals surface area contributed by atoms with Crippen molar-refractivity contribution in [3.05, 3.63) is 17.7 Å². The molecule has 0 saturated carbocycles. The first kappa shape index (κ1) is 13.0. The van der Waals surface area contributed by atoms with Gasteiger partial charge in [-0.25, -0.2) is 0 Å². The molecule has 1 unspecified atom stereocenters. The van der Waals surface area contributed by atoms with Crippen LogP contribution in [-0.4, -0.2) is 32.7 Å². The highest BCUT2D eigenvalue weighted by Crippen LogP contribution is 2.43. The third kappa shape index (κ3) is 2.68. The summed E-state index contributed by atoms with van der Waals surface area (Å²) in [6.07, 6.45) is 0.883. The van der Waals surface area contributed by atoms with Crippen molar-refractivity contribution in [3.63, 3.8) is 0 Å². The molecule has 0 bridgehead atoms. The molecule has 0 radical (unpaired) electrons. The fraction of sp³-hybridized carbons (Fsp3) is 0.538. The summed E-state index contributed by atoms with van der Waals surface area (Å²) in [5.74, 6) is 1.81. The molecule has 1 N–H and O–H groups in total. The highest BCUT2D eigenvalue weighted by molar-refractivity contribution is 5.55. The average molecular weight is 254 g/mol. The Hall–Kier alpha value is -1.46. The average Bonchev–Trinajstić information content (AvgIpc) is 2.85. The predicted molar refractivity (Wildman–Crippen MR) is 65.2 cm³/mol. The van der Waals surface area contributed by atoms with E-state index in [4.69, 9.17) is 18.9 Å². The number of aliphatic hydroxyl groups excluding tert-OH is 1. The van der Waals surface area contributed by atoms with E-state index in [2.05, 4.69) is 0 Å². The second-order valence-electron chi connectivity index (χ2n) is 4.11. The second kappa shape index (κ2) is 5.93. The van der Waals surface area contributed by atoms with Crippen LogP contribution >= 0.6 is 0 Å². The minimum absolute atomic E-state index is 0.189. The number of hydrogen-bond acceptors (Lipinski definition) is 5. The monoisotopic (exact) mass is 254 g/mol. The van der Waals surface area contributed by atoms with Crippen LogP contribution in [0.15, 0.2) is 12.1 Å². The lowest BCUT2D eigenvalue weighted by Crippen LogP contribution is -2.00. The van der Waals surface area contributed by atoms with Crippen molar-refractivity contribution in [2.75, 3.05) is 27.6 Å². The zero-order valence-electron chi connectivity index (χ0n) is 10.6. The third-order valence-corrected chi connectivity index (χ3v) is 2.89. The van der Waals surface area contributed by atoms with Crippen LogP contribution in [0.3, 0.4) is 0 Å². The van der Waals surface area contributed by atoms with Crippen molar-refractivity contribution >= 4 is 0 Å². The molecule has 0 saturated heterocycles. The van der Waals surface area contributed by atoms with Crippen molar-refractivity contribution in [1.82, 2.24) is 0 Å². The Morgan fingerprint density at radius 2 is 2.17 bits per heavy atom. The molecule has 5 nitrogen and oxygen atoms in total. The molecule has 1 aromatic rings. The van der Waals surface area contributed by atoms with Gasteiger partial charge < -0.3 is 24.1 Å². The van der Waals surface area contributed by atoms with Crippen molar-refractivity contribution in [2.45, 2.75) is 18.9 Å². The summed E-state index contributed by atoms with van der Waals surface area (Å²) in [6.45, 7) is 0.827. The summed E-state index contributed by atoms with van der Waals surface area (Å²) in [4.78, 5) is 0. The molecule has 0 aromatic heterocycles. The molecule has 0 amide bonds. The molecule has 100 valence electrons. The Labute approximate surface area is 106 Å². The summed E-state index contributed by atoms with van der Waals surface area (Å²) in [6, 6.07) is 3.58. The van der Waals surface area contributed by atoms with Crippen LogP contribution in [0, 0.1) is 0 Å². The minimum atomic E-state index is -0.552. The van der Waals surface area contributed by atoms with E-state index >= 15 is 0 Å². The van der Waals surface area contributed by atoms with Gasteiger partial charge in [0.15, 0.2) is 11.5 Å². The molecule has 1 aliphatic heterocycles. The topological polar surface area (TPSA) is 57.2 Å². The molecular weight excluding hydrogens is 236 g/mol. The van der Waals surface area contributed by atoms with Gasteiger partial charge in [-0.15, -0.1) is 0 Å². The van der Waals surface area contributed by atoms with Gasteiger partial charge in [0.05, 0.1) is 13.2 Å². The molecule has 0 spiro atoms. The third-order valence-electron chi connectivity index (χ3n) is 2.89. The molecule has 1 atom stereocenters. The van der Waals surface area contributed by atoms with Crippen LogP contribution in [0.2, 0.25) is 0 Å². The fourth-order valence-corrected chi connectivity index (χ4v) is 1.93. The summed E-state index contributed by atoms with van der Waals surface area (Å²) >= 11 is 0. The highest BCUT2D eigenvalue weighted by atomic mass is 16.7. The van der Waals surface area contributed by atoms with Gasteiger partial charge in [0.25, 0.3) is 0 Å². The number of ether oxygens (including phenoxy) is 4. The molecule has 1 heterocycles. The van der Waals surface area contributed by atoms with E-state index in [-0.39, 0.29) is 6.79 Å². The normalized spacial score (nSPS) is 14.6. The molecule has 1 aromatic carbocycles. The number of benzene rings is 1. The molecule has 0 aliphatic carbocycles. The fourth-order valence-electron chi connectivity index (χ4n) is 1.93. The lowest BCUT2D eigenvalue weighted by atomic mass is 10.0. The van der Waals surface area contributed by atoms with Crippen LogP contribution < -0.4 is 14.2 Å². The van der Waals surface area contributed by atoms with E-state index < -0.39 is 6.10 Å². The summed E-state index contributed by atoms with van der Waals surface area (Å²) in [5.41, 5.74) is 0.771. The van der Waals surface area contributed by atoms with Crippen LogP contribution in [0.5, 0.6) is 17.2 Å². The number of hydrogen-bond donors (Lipinski definition) is 1. The summed E-state index contributed by atoms with van der Waals surface area (Å²) in [5, 5.41) is 10.1. The molecule has 2 rings (SSSR count). The first-order valence-electron chi connectivity index (χ1n) is 5.90. The predicted octanol–water partition coefficient (Wildman–Crippen LogP) is 1.88. The Kier molecular flexibility index (Phi) is 4.28. The van der Waals surface area contributed by atoms with Crippen LogP contribution in [0.4, 0.5) is 0 Å². The first-order chi connectivity index (χ1) is 8.76. The maximum Gasteiger partial charge on any atom is 0.231 e. The largest absolute Gasteiger partial charge is 0.493 e. The Balaban J connectivity index is 2.13. The maximum absolute atomic E-state index is 10.1. The van der Waals surface area contributed by atoms with Gasteiger partial charge >= 0.3 is 0 Å². The zero-order valence-corrected chi connectivity index (χ0v) is 10.6. The van der Waals surface area contributed by atoms with Gasteiger partial charge in [0, 0.05) is 13.7 Å². The van der Waals surface area contributed by atoms with Gasteiger partial charge in [-0.2, -0.15) is 0 Å². The van der Waals surface area contributed by atoms with E-state index in [1.165, 1.54) is 0 Å². The van der Waals surface area contributed by atoms with E-state index in [1.54, 1.807) is 26.4 Å². The SMILES string of the molecule is COCCCC(O)c1cc(OC)c2c(c1)OCO2. The van der Waals surface area contributed by atoms with Crippen LogP contribution in [0.25, 0.3) is 0 Å². The van der Waals surface area contributed by atoms with Gasteiger partial charge in [-0.05, 0) is 30.5 Å². The lowest BCUT2D eigenvalue weighted by molar-refractivity contribution is 0.136.